The topological polar surface area (TPSA) is 71.1 Å². The van der Waals surface area contributed by atoms with Crippen molar-refractivity contribution in [3.63, 3.8) is 0 Å². The van der Waals surface area contributed by atoms with Crippen LogP contribution in [0.2, 0.25) is 0 Å². The van der Waals surface area contributed by atoms with Crippen molar-refractivity contribution < 1.29 is 26.7 Å². The number of hydrogen-bond donors (Lipinski definition) is 0. The molecule has 0 amide bonds. The van der Waals surface area contributed by atoms with E-state index in [-0.39, 0.29) is 51.5 Å². The van der Waals surface area contributed by atoms with E-state index >= 15 is 4.39 Å². The minimum Gasteiger partial charge on any atom is -0.446 e. The van der Waals surface area contributed by atoms with Crippen molar-refractivity contribution in [2.24, 2.45) is 4.40 Å². The van der Waals surface area contributed by atoms with Crippen LogP contribution in [0.15, 0.2) is 20.9 Å². The van der Waals surface area contributed by atoms with E-state index in [4.69, 9.17) is 4.42 Å². The molecule has 0 bridgehead atoms. The molecule has 0 spiro atoms. The fourth-order valence-electron chi connectivity index (χ4n) is 4.65. The zero-order valence-corrected chi connectivity index (χ0v) is 17.8. The normalized spacial score (nSPS) is 21.4. The van der Waals surface area contributed by atoms with Gasteiger partial charge >= 0.3 is 0 Å². The summed E-state index contributed by atoms with van der Waals surface area (Å²) in [6.45, 7) is 2.59. The van der Waals surface area contributed by atoms with E-state index in [1.807, 2.05) is 11.9 Å². The molecule has 0 N–H and O–H groups in total. The number of rotatable bonds is 1. The largest absolute Gasteiger partial charge is 0.446 e. The Morgan fingerprint density at radius 3 is 2.59 bits per heavy atom. The number of pyridine rings is 1. The van der Waals surface area contributed by atoms with Crippen LogP contribution < -0.4 is 4.90 Å². The number of nitrogens with zero attached hydrogens (tertiary/aromatic N) is 4. The third kappa shape index (κ3) is 2.61. The standard InChI is InChI=1S/C21H17F3N4O3S/c1-26-4-6-27(7-5-26)13-9-10-8-11-20(23)25-32(24)21(11)28-12-2-3-14(29)17(30)18(12)31-19(15(13)22)16(10)28/h8-9H,2-7H2,1H3. The highest BCUT2D eigenvalue weighted by atomic mass is 32.2. The van der Waals surface area contributed by atoms with Crippen molar-refractivity contribution in [1.29, 1.82) is 0 Å². The Labute approximate surface area is 182 Å². The van der Waals surface area contributed by atoms with Gasteiger partial charge in [0.05, 0.1) is 16.9 Å². The van der Waals surface area contributed by atoms with Gasteiger partial charge < -0.3 is 14.2 Å². The van der Waals surface area contributed by atoms with E-state index in [0.717, 1.165) is 13.1 Å². The molecular formula is C21H17F3N4O3S. The second-order valence-corrected chi connectivity index (χ2v) is 9.26. The molecule has 1 unspecified atom stereocenters. The van der Waals surface area contributed by atoms with Gasteiger partial charge in [-0.15, -0.1) is 3.89 Å². The number of halogens is 3. The minimum atomic E-state index is -2.32. The fraction of sp³-hybridized carbons (Fsp3) is 0.333. The lowest BCUT2D eigenvalue weighted by Gasteiger charge is -2.35. The van der Waals surface area contributed by atoms with Gasteiger partial charge in [0, 0.05) is 38.0 Å². The van der Waals surface area contributed by atoms with Crippen molar-refractivity contribution >= 4 is 45.2 Å². The van der Waals surface area contributed by atoms with E-state index < -0.39 is 34.4 Å². The Kier molecular flexibility index (Phi) is 4.19. The van der Waals surface area contributed by atoms with Gasteiger partial charge in [0.1, 0.15) is 21.4 Å². The Bertz CT molecular complexity index is 1430. The Balaban J connectivity index is 1.74. The third-order valence-corrected chi connectivity index (χ3v) is 7.37. The number of ketones is 2. The predicted octanol–water partition coefficient (Wildman–Crippen LogP) is 3.58. The first-order valence-electron chi connectivity index (χ1n) is 10.2. The molecule has 166 valence electrons. The number of likely N-dealkylation sites (N-methyl/N-ethyl adjacent to an activating group) is 1. The van der Waals surface area contributed by atoms with Gasteiger partial charge in [-0.2, -0.15) is 8.79 Å². The zero-order chi connectivity index (χ0) is 22.3. The van der Waals surface area contributed by atoms with Crippen molar-refractivity contribution in [3.8, 4) is 5.69 Å². The molecule has 32 heavy (non-hydrogen) atoms. The number of fused-ring (bicyclic) bond motifs is 4. The number of piperazine rings is 1. The van der Waals surface area contributed by atoms with Gasteiger partial charge in [0.2, 0.25) is 11.7 Å². The Hall–Kier alpha value is -2.92. The van der Waals surface area contributed by atoms with Crippen LogP contribution in [0.25, 0.3) is 16.7 Å². The van der Waals surface area contributed by atoms with E-state index in [9.17, 15) is 17.9 Å². The highest BCUT2D eigenvalue weighted by Gasteiger charge is 2.36. The molecule has 1 aromatic rings. The van der Waals surface area contributed by atoms with E-state index in [1.54, 1.807) is 6.07 Å². The minimum absolute atomic E-state index is 0.0386. The first-order chi connectivity index (χ1) is 15.3. The van der Waals surface area contributed by atoms with Crippen LogP contribution in [0.3, 0.4) is 0 Å². The maximum absolute atomic E-state index is 15.8. The van der Waals surface area contributed by atoms with Crippen LogP contribution in [-0.2, 0) is 11.2 Å². The van der Waals surface area contributed by atoms with Gasteiger partial charge in [-0.05, 0) is 25.6 Å². The number of hydrogen-bond acceptors (Lipinski definition) is 6. The molecule has 1 saturated heterocycles. The second-order valence-electron chi connectivity index (χ2n) is 8.22. The monoisotopic (exact) mass is 462 g/mol. The summed E-state index contributed by atoms with van der Waals surface area (Å²) in [7, 11) is 1.98. The molecule has 1 atom stereocenters. The number of Topliss-reactive ketones (excluding diaryl/α,β-unsaturated/α-hetero) is 2. The molecule has 1 aromatic carbocycles. The third-order valence-electron chi connectivity index (χ3n) is 6.33. The summed E-state index contributed by atoms with van der Waals surface area (Å²) >= 11 is -2.32. The molecule has 1 aliphatic carbocycles. The summed E-state index contributed by atoms with van der Waals surface area (Å²) < 4.78 is 55.5. The van der Waals surface area contributed by atoms with Crippen molar-refractivity contribution in [2.45, 2.75) is 12.8 Å². The number of carbonyl (C=O) groups is 2. The average molecular weight is 462 g/mol. The predicted molar refractivity (Wildman–Crippen MR) is 114 cm³/mol. The van der Waals surface area contributed by atoms with Crippen LogP contribution in [0.4, 0.5) is 18.4 Å². The summed E-state index contributed by atoms with van der Waals surface area (Å²) in [5.41, 5.74) is 0.393. The molecule has 0 aromatic heterocycles. The van der Waals surface area contributed by atoms with Crippen molar-refractivity contribution in [2.75, 3.05) is 38.1 Å². The fourth-order valence-corrected chi connectivity index (χ4v) is 5.65. The van der Waals surface area contributed by atoms with Gasteiger partial charge in [-0.3, -0.25) is 14.2 Å². The quantitative estimate of drug-likeness (QED) is 0.409. The van der Waals surface area contributed by atoms with Gasteiger partial charge in [0.25, 0.3) is 5.78 Å². The maximum atomic E-state index is 15.8. The van der Waals surface area contributed by atoms with Crippen LogP contribution in [0, 0.1) is 10.5 Å². The first kappa shape index (κ1) is 19.7. The highest BCUT2D eigenvalue weighted by molar-refractivity contribution is 8.03. The molecular weight excluding hydrogens is 445 g/mol. The lowest BCUT2D eigenvalue weighted by Crippen LogP contribution is -2.44. The van der Waals surface area contributed by atoms with E-state index in [2.05, 4.69) is 9.30 Å². The molecule has 0 radical (unpaired) electrons. The smallest absolute Gasteiger partial charge is 0.265 e. The van der Waals surface area contributed by atoms with Crippen molar-refractivity contribution in [1.82, 2.24) is 9.47 Å². The van der Waals surface area contributed by atoms with Gasteiger partial charge in [0.15, 0.2) is 17.2 Å². The average Bonchev–Trinajstić information content (AvgIpc) is 3.06. The lowest BCUT2D eigenvalue weighted by molar-refractivity contribution is -0.115. The highest BCUT2D eigenvalue weighted by Crippen LogP contribution is 2.43. The molecule has 7 nitrogen and oxygen atoms in total. The SMILES string of the molecule is CN1CCN(c2cc3cc4c(n5c6c(oc(c2F)c3-5)C(=O)C(=O)CC6)=S(F)N=C4F)CC1. The van der Waals surface area contributed by atoms with Crippen LogP contribution in [0.1, 0.15) is 28.2 Å². The molecule has 11 heteroatoms. The van der Waals surface area contributed by atoms with Gasteiger partial charge in [-0.25, -0.2) is 4.39 Å². The molecule has 0 saturated carbocycles. The molecule has 1 fully saturated rings. The lowest BCUT2D eigenvalue weighted by atomic mass is 9.96. The Morgan fingerprint density at radius 2 is 1.84 bits per heavy atom. The van der Waals surface area contributed by atoms with E-state index in [0.29, 0.717) is 18.5 Å². The van der Waals surface area contributed by atoms with Crippen LogP contribution in [0.5, 0.6) is 0 Å². The van der Waals surface area contributed by atoms with Crippen LogP contribution >= 0.6 is 11.1 Å². The summed E-state index contributed by atoms with van der Waals surface area (Å²) in [5.74, 6) is -3.53. The summed E-state index contributed by atoms with van der Waals surface area (Å²) in [5, 5.41) is 0.439. The number of benzene rings is 1. The van der Waals surface area contributed by atoms with E-state index in [1.165, 1.54) is 10.6 Å². The second kappa shape index (κ2) is 6.79. The number of aromatic nitrogens is 1. The summed E-state index contributed by atoms with van der Waals surface area (Å²) in [6.07, 6.45) is 0.00992. The molecule has 6 rings (SSSR count). The first-order valence-corrected chi connectivity index (χ1v) is 11.3. The summed E-state index contributed by atoms with van der Waals surface area (Å²) in [4.78, 5) is 28.6. The van der Waals surface area contributed by atoms with Crippen molar-refractivity contribution in [3.05, 3.63) is 39.6 Å². The maximum Gasteiger partial charge on any atom is 0.265 e. The summed E-state index contributed by atoms with van der Waals surface area (Å²) in [6, 6.07) is 3.04. The van der Waals surface area contributed by atoms with Crippen LogP contribution in [-0.4, -0.2) is 60.2 Å². The Morgan fingerprint density at radius 1 is 1.09 bits per heavy atom. The molecule has 4 aliphatic heterocycles. The molecule has 5 aliphatic rings. The number of anilines is 1. The zero-order valence-electron chi connectivity index (χ0n) is 17.0. The molecule has 4 heterocycles. The number of carbonyl (C=O) groups excluding carboxylic acids is 2. The van der Waals surface area contributed by atoms with Gasteiger partial charge in [-0.1, -0.05) is 0 Å².